The third-order valence-electron chi connectivity index (χ3n) is 22.4. The van der Waals surface area contributed by atoms with Crippen LogP contribution in [0.2, 0.25) is 0 Å². The van der Waals surface area contributed by atoms with Crippen LogP contribution in [0.25, 0.3) is 6.08 Å². The van der Waals surface area contributed by atoms with Gasteiger partial charge in [-0.25, -0.2) is 19.2 Å². The number of methoxy groups -OCH3 is 1. The normalized spacial score (nSPS) is 11.0. The van der Waals surface area contributed by atoms with E-state index in [1.165, 1.54) is 73.9 Å². The summed E-state index contributed by atoms with van der Waals surface area (Å²) in [6.45, 7) is 43.3. The van der Waals surface area contributed by atoms with Crippen LogP contribution in [-0.2, 0) is 138 Å². The Bertz CT molecular complexity index is 5150. The van der Waals surface area contributed by atoms with Crippen molar-refractivity contribution in [1.29, 1.82) is 0 Å². The van der Waals surface area contributed by atoms with Crippen molar-refractivity contribution in [2.75, 3.05) is 26.9 Å². The quantitative estimate of drug-likeness (QED) is 0.00893. The fourth-order valence-electron chi connectivity index (χ4n) is 15.4. The maximum Gasteiger partial charge on any atom is 0.391 e. The summed E-state index contributed by atoms with van der Waals surface area (Å²) in [5.74, 6) is 0.699. The molecule has 9 rings (SSSR count). The zero-order chi connectivity index (χ0) is 112. The zero-order valence-corrected chi connectivity index (χ0v) is 93.1. The number of aliphatic hydroxyl groups excluding tert-OH is 1. The number of aliphatic hydroxyl groups is 1. The molecule has 0 aliphatic carbocycles. The van der Waals surface area contributed by atoms with Crippen molar-refractivity contribution in [1.82, 2.24) is 0 Å². The van der Waals surface area contributed by atoms with E-state index in [9.17, 15) is 56.3 Å². The Morgan fingerprint density at radius 1 is 0.282 bits per heavy atom. The number of aliphatic carboxylic acids is 4. The fraction of sp³-hybridized carbons (Fsp3) is 0.488. The number of hydrogen-bond donors (Lipinski definition) is 6. The molecule has 0 saturated carbocycles. The number of ether oxygens (including phenoxy) is 4. The van der Waals surface area contributed by atoms with Gasteiger partial charge in [0.2, 0.25) is 0 Å². The number of alkyl halides is 3. The fourth-order valence-corrected chi connectivity index (χ4v) is 15.4. The molecule has 9 aromatic rings. The second-order valence-electron chi connectivity index (χ2n) is 41.6. The van der Waals surface area contributed by atoms with Crippen LogP contribution >= 0.6 is 0 Å². The van der Waals surface area contributed by atoms with E-state index in [2.05, 4.69) is 243 Å². The molecule has 1 atom stereocenters. The Labute approximate surface area is 889 Å². The second-order valence-corrected chi connectivity index (χ2v) is 41.6. The number of benzene rings is 9. The van der Waals surface area contributed by atoms with E-state index >= 15 is 0 Å². The Morgan fingerprint density at radius 3 is 0.792 bits per heavy atom. The van der Waals surface area contributed by atoms with E-state index in [4.69, 9.17) is 40.1 Å². The van der Waals surface area contributed by atoms with Crippen molar-refractivity contribution < 1.29 is 106 Å². The van der Waals surface area contributed by atoms with Crippen molar-refractivity contribution in [2.45, 2.75) is 324 Å². The number of aryl methyl sites for hydroxylation is 5. The molecule has 0 aliphatic rings. The molecule has 0 fully saturated rings. The van der Waals surface area contributed by atoms with Gasteiger partial charge < -0.3 is 49.6 Å². The third-order valence-corrected chi connectivity index (χ3v) is 22.4. The lowest BCUT2D eigenvalue weighted by Gasteiger charge is -2.13. The second kappa shape index (κ2) is 78.9. The van der Waals surface area contributed by atoms with E-state index < -0.39 is 61.1 Å². The largest absolute Gasteiger partial charge is 0.481 e. The van der Waals surface area contributed by atoms with Gasteiger partial charge in [-0.05, 0) is 315 Å². The molecule has 9 aromatic carbocycles. The maximum atomic E-state index is 12.0. The minimum absolute atomic E-state index is 0.0643. The molecule has 0 amide bonds. The minimum Gasteiger partial charge on any atom is -0.481 e. The number of carbonyl (C=O) groups excluding carboxylic acids is 4. The number of aromatic carboxylic acids is 1. The van der Waals surface area contributed by atoms with Gasteiger partial charge in [0.25, 0.3) is 0 Å². The summed E-state index contributed by atoms with van der Waals surface area (Å²) in [6.07, 6.45) is 17.7. The van der Waals surface area contributed by atoms with Crippen molar-refractivity contribution >= 4 is 59.8 Å². The van der Waals surface area contributed by atoms with Gasteiger partial charge in [0.1, 0.15) is 6.61 Å². The number of carboxylic acids is 5. The molecule has 0 aliphatic heterocycles. The zero-order valence-electron chi connectivity index (χ0n) is 93.1. The molecule has 0 radical (unpaired) electrons. The van der Waals surface area contributed by atoms with E-state index in [0.29, 0.717) is 103 Å². The van der Waals surface area contributed by atoms with Crippen LogP contribution < -0.4 is 0 Å². The van der Waals surface area contributed by atoms with Crippen molar-refractivity contribution in [3.8, 4) is 0 Å². The Hall–Kier alpha value is -12.3. The molecule has 0 aromatic heterocycles. The number of rotatable bonds is 50. The van der Waals surface area contributed by atoms with Crippen LogP contribution in [0.4, 0.5) is 13.2 Å². The monoisotopic (exact) mass is 2060 g/mol. The van der Waals surface area contributed by atoms with Crippen LogP contribution in [0.1, 0.15) is 336 Å². The minimum atomic E-state index is -4.48. The number of halogens is 3. The Morgan fingerprint density at radius 2 is 0.523 bits per heavy atom. The lowest BCUT2D eigenvalue weighted by Crippen LogP contribution is -2.25. The SMILES string of the molecule is CC(C)Cc1ccc(/C=C/C(=O)O)cc1.CC(C)Cc1ccc(C(=O)O)cc1.CC(C)Cc1ccc(C(=O)OC[C@H](O)CC(F)(F)F)cc1.CC(C)Cc1ccc(CCC(=O)O)cc1.CC(C)Cc1ccc(CCCC(=O)O)cc1.CC(C)Cc1ccc(CCCCCC(=O)O)cc1.CCOC(=O)CCCCCc1ccc(CC(C)C)cc1.CCOC(=O)CCc1ccc(CC(C)C)cc1.COC(=O)c1ccc(CC(C)C)cc1. The molecule has 0 unspecified atom stereocenters. The molecule has 0 bridgehead atoms. The van der Waals surface area contributed by atoms with Crippen molar-refractivity contribution in [3.05, 3.63) is 325 Å². The lowest BCUT2D eigenvalue weighted by atomic mass is 10.00. The Kier molecular flexibility index (Phi) is 71.3. The van der Waals surface area contributed by atoms with Crippen LogP contribution in [0.5, 0.6) is 0 Å². The van der Waals surface area contributed by atoms with E-state index in [0.717, 1.165) is 151 Å². The lowest BCUT2D eigenvalue weighted by molar-refractivity contribution is -0.157. The summed E-state index contributed by atoms with van der Waals surface area (Å²) in [4.78, 5) is 97.1. The first-order valence-electron chi connectivity index (χ1n) is 53.3. The predicted octanol–water partition coefficient (Wildman–Crippen LogP) is 29.8. The highest BCUT2D eigenvalue weighted by molar-refractivity contribution is 5.90. The number of carbonyl (C=O) groups is 9. The smallest absolute Gasteiger partial charge is 0.391 e. The molecular formula is C127H177F3O19. The van der Waals surface area contributed by atoms with Gasteiger partial charge in [-0.1, -0.05) is 319 Å². The molecule has 0 spiro atoms. The van der Waals surface area contributed by atoms with Crippen LogP contribution in [0.15, 0.2) is 224 Å². The molecule has 0 saturated heterocycles. The molecule has 820 valence electrons. The number of esters is 4. The Balaban J connectivity index is 0.000000841. The van der Waals surface area contributed by atoms with Crippen LogP contribution in [0, 0.1) is 53.3 Å². The topological polar surface area (TPSA) is 312 Å². The first-order valence-corrected chi connectivity index (χ1v) is 53.3. The van der Waals surface area contributed by atoms with Gasteiger partial charge in [0, 0.05) is 38.2 Å². The molecular weight excluding hydrogens is 1890 g/mol. The van der Waals surface area contributed by atoms with Gasteiger partial charge >= 0.3 is 59.9 Å². The van der Waals surface area contributed by atoms with Gasteiger partial charge in [-0.15, -0.1) is 0 Å². The summed E-state index contributed by atoms with van der Waals surface area (Å²) in [7, 11) is 1.39. The molecule has 19 nitrogen and oxygen atoms in total. The van der Waals surface area contributed by atoms with E-state index in [1.54, 1.807) is 42.5 Å². The number of hydrogen-bond acceptors (Lipinski definition) is 14. The average Bonchev–Trinajstić information content (AvgIpc) is 0.843. The number of unbranched alkanes of at least 4 members (excludes halogenated alkanes) is 4. The van der Waals surface area contributed by atoms with Crippen LogP contribution in [0.3, 0.4) is 0 Å². The standard InChI is InChI=1S/C18H28O2.C16H24O2.C15H19F3O3.C15H22O2.C14H20O2.C13H18O2.C13H16O2.C12H16O2.C11H14O2/c1-4-20-18(19)9-7-5-6-8-16-10-12-17(13-11-16)14-15(2)3;1-13(2)12-15-10-8-14(9-11-15)6-4-3-5-7-16(17)18;1-10(2)7-11-3-5-12(6-4-11)14(20)21-9-13(19)8-15(16,17)18;1-4-17-15(16)10-9-13-5-7-14(8-6-13)11-12(2)3;1-11(2)10-13-8-6-12(7-9-13)4-3-5-14(15)16;2*1-10(2)9-12-5-3-11(4-6-12)7-8-13(14)15;1-9(2)8-10-4-6-11(7-5-10)12(13)14-3;1-8(2)7-9-3-5-10(6-4-9)11(12)13/h10-13,15H,4-9,14H2,1-3H3;8-11,13H,3-7,12H2,1-2H3,(H,17,18);3-6,10,13,19H,7-9H2,1-2H3;5-8,12H,4,9-11H2,1-3H3;6-9,11H,3-5,10H2,1-2H3,(H,15,16);3-6,10H,7-9H2,1-2H3,(H,14,15);3-8,10H,9H2,1-2H3,(H,14,15);4-7,9H,8H2,1-3H3;3-6,8H,7H2,1-2H3,(H,12,13)/b;;;;;;8-7+;;/t;;13-;;;;;;/m..1....../s1. The first-order chi connectivity index (χ1) is 70.4. The molecule has 6 N–H and O–H groups in total. The maximum absolute atomic E-state index is 12.0. The summed E-state index contributed by atoms with van der Waals surface area (Å²) in [5.41, 5.74) is 20.1. The highest BCUT2D eigenvalue weighted by atomic mass is 19.4. The van der Waals surface area contributed by atoms with E-state index in [-0.39, 0.29) is 36.3 Å². The van der Waals surface area contributed by atoms with Gasteiger partial charge in [0.15, 0.2) is 0 Å². The highest BCUT2D eigenvalue weighted by Gasteiger charge is 2.32. The third kappa shape index (κ3) is 74.3. The number of carboxylic acid groups (broad SMARTS) is 5. The van der Waals surface area contributed by atoms with Crippen LogP contribution in [-0.4, -0.2) is 124 Å². The molecule has 22 heteroatoms. The average molecular weight is 2060 g/mol. The predicted molar refractivity (Wildman–Crippen MR) is 597 cm³/mol. The van der Waals surface area contributed by atoms with Gasteiger partial charge in [-0.3, -0.25) is 24.0 Å². The summed E-state index contributed by atoms with van der Waals surface area (Å²) in [5, 5.41) is 51.9. The summed E-state index contributed by atoms with van der Waals surface area (Å²) >= 11 is 0. The highest BCUT2D eigenvalue weighted by Crippen LogP contribution is 2.25. The van der Waals surface area contributed by atoms with Crippen molar-refractivity contribution in [3.63, 3.8) is 0 Å². The first kappa shape index (κ1) is 135. The molecule has 0 heterocycles. The van der Waals surface area contributed by atoms with Crippen molar-refractivity contribution in [2.24, 2.45) is 53.3 Å². The van der Waals surface area contributed by atoms with E-state index in [1.807, 2.05) is 86.6 Å². The molecule has 149 heavy (non-hydrogen) atoms. The summed E-state index contributed by atoms with van der Waals surface area (Å²) < 4.78 is 55.1. The summed E-state index contributed by atoms with van der Waals surface area (Å²) in [6, 6.07) is 72.4. The van der Waals surface area contributed by atoms with Gasteiger partial charge in [0.05, 0.1) is 49.5 Å². The van der Waals surface area contributed by atoms with Gasteiger partial charge in [-0.2, -0.15) is 13.2 Å².